The van der Waals surface area contributed by atoms with E-state index in [1.54, 1.807) is 6.92 Å². The summed E-state index contributed by atoms with van der Waals surface area (Å²) < 4.78 is 4.83. The Balaban J connectivity index is 3.38. The van der Waals surface area contributed by atoms with Crippen LogP contribution < -0.4 is 4.74 Å². The second-order valence-corrected chi connectivity index (χ2v) is 2.65. The molecule has 0 atom stereocenters. The summed E-state index contributed by atoms with van der Waals surface area (Å²) >= 11 is 0. The molecular weight excluding hydrogens is 172 g/mol. The molecule has 0 unspecified atom stereocenters. The Kier molecular flexibility index (Phi) is 2.41. The second-order valence-electron chi connectivity index (χ2n) is 2.65. The number of ether oxygens (including phenoxy) is 1. The van der Waals surface area contributed by atoms with Crippen LogP contribution in [0.1, 0.15) is 15.9 Å². The highest BCUT2D eigenvalue weighted by Gasteiger charge is 2.14. The lowest BCUT2D eigenvalue weighted by molar-refractivity contribution is 0.0692. The molecule has 1 rings (SSSR count). The summed E-state index contributed by atoms with van der Waals surface area (Å²) in [6.07, 6.45) is 0. The van der Waals surface area contributed by atoms with Gasteiger partial charge in [-0.2, -0.15) is 0 Å². The van der Waals surface area contributed by atoms with Crippen LogP contribution in [0.2, 0.25) is 0 Å². The Morgan fingerprint density at radius 3 is 2.54 bits per heavy atom. The van der Waals surface area contributed by atoms with E-state index in [4.69, 9.17) is 14.9 Å². The van der Waals surface area contributed by atoms with Crippen molar-refractivity contribution in [2.45, 2.75) is 6.92 Å². The van der Waals surface area contributed by atoms with Gasteiger partial charge < -0.3 is 14.9 Å². The van der Waals surface area contributed by atoms with E-state index in [0.29, 0.717) is 5.56 Å². The summed E-state index contributed by atoms with van der Waals surface area (Å²) in [7, 11) is 1.36. The van der Waals surface area contributed by atoms with Crippen molar-refractivity contribution in [3.8, 4) is 11.5 Å². The number of carboxylic acids is 1. The topological polar surface area (TPSA) is 66.8 Å². The van der Waals surface area contributed by atoms with E-state index in [0.717, 1.165) is 0 Å². The molecule has 0 saturated carbocycles. The van der Waals surface area contributed by atoms with Crippen molar-refractivity contribution < 1.29 is 19.7 Å². The Bertz CT molecular complexity index is 344. The molecule has 0 aliphatic rings. The van der Waals surface area contributed by atoms with Crippen molar-refractivity contribution >= 4 is 5.97 Å². The average molecular weight is 182 g/mol. The van der Waals surface area contributed by atoms with Crippen molar-refractivity contribution in [2.24, 2.45) is 0 Å². The molecule has 0 fully saturated rings. The number of rotatable bonds is 2. The second kappa shape index (κ2) is 3.35. The van der Waals surface area contributed by atoms with Gasteiger partial charge in [0.1, 0.15) is 17.1 Å². The zero-order valence-corrected chi connectivity index (χ0v) is 7.37. The number of aromatic hydroxyl groups is 1. The first-order valence-corrected chi connectivity index (χ1v) is 3.67. The summed E-state index contributed by atoms with van der Waals surface area (Å²) in [5.74, 6) is -0.890. The number of phenolic OH excluding ortho intramolecular Hbond substituents is 1. The number of benzene rings is 1. The molecule has 1 aromatic rings. The van der Waals surface area contributed by atoms with Gasteiger partial charge in [-0.1, -0.05) is 0 Å². The maximum atomic E-state index is 10.8. The van der Waals surface area contributed by atoms with Crippen LogP contribution in [0.5, 0.6) is 11.5 Å². The highest BCUT2D eigenvalue weighted by Crippen LogP contribution is 2.27. The van der Waals surface area contributed by atoms with Crippen molar-refractivity contribution in [1.82, 2.24) is 0 Å². The molecule has 0 radical (unpaired) electrons. The van der Waals surface area contributed by atoms with E-state index in [1.165, 1.54) is 19.2 Å². The third-order valence-corrected chi connectivity index (χ3v) is 1.72. The normalized spacial score (nSPS) is 9.69. The summed E-state index contributed by atoms with van der Waals surface area (Å²) in [6.45, 7) is 1.60. The molecular formula is C9H10O4. The molecule has 0 aliphatic heterocycles. The van der Waals surface area contributed by atoms with Crippen LogP contribution in [0.4, 0.5) is 0 Å². The van der Waals surface area contributed by atoms with Gasteiger partial charge in [0.2, 0.25) is 0 Å². The number of carbonyl (C=O) groups is 1. The molecule has 0 amide bonds. The van der Waals surface area contributed by atoms with Gasteiger partial charge in [0.25, 0.3) is 0 Å². The van der Waals surface area contributed by atoms with E-state index < -0.39 is 5.97 Å². The minimum absolute atomic E-state index is 0.000602. The number of aromatic carboxylic acids is 1. The van der Waals surface area contributed by atoms with Gasteiger partial charge in [-0.3, -0.25) is 0 Å². The van der Waals surface area contributed by atoms with Crippen LogP contribution in [-0.2, 0) is 0 Å². The van der Waals surface area contributed by atoms with Crippen LogP contribution in [0.3, 0.4) is 0 Å². The fourth-order valence-electron chi connectivity index (χ4n) is 1.17. The van der Waals surface area contributed by atoms with E-state index >= 15 is 0 Å². The van der Waals surface area contributed by atoms with Crippen LogP contribution in [-0.4, -0.2) is 23.3 Å². The third kappa shape index (κ3) is 1.72. The first-order valence-electron chi connectivity index (χ1n) is 3.67. The lowest BCUT2D eigenvalue weighted by Gasteiger charge is -2.07. The number of hydrogen-bond donors (Lipinski definition) is 2. The van der Waals surface area contributed by atoms with Crippen molar-refractivity contribution in [2.75, 3.05) is 7.11 Å². The third-order valence-electron chi connectivity index (χ3n) is 1.72. The Hall–Kier alpha value is -1.71. The minimum atomic E-state index is -1.06. The molecule has 4 heteroatoms. The summed E-state index contributed by atoms with van der Waals surface area (Å²) in [5.41, 5.74) is 0.560. The number of methoxy groups -OCH3 is 1. The number of aryl methyl sites for hydroxylation is 1. The fraction of sp³-hybridized carbons (Fsp3) is 0.222. The van der Waals surface area contributed by atoms with Gasteiger partial charge in [0.05, 0.1) is 7.11 Å². The van der Waals surface area contributed by atoms with E-state index in [2.05, 4.69) is 0 Å². The quantitative estimate of drug-likeness (QED) is 0.725. The maximum absolute atomic E-state index is 10.8. The molecule has 70 valence electrons. The summed E-state index contributed by atoms with van der Waals surface area (Å²) in [6, 6.07) is 2.66. The molecule has 0 bridgehead atoms. The Morgan fingerprint density at radius 2 is 2.08 bits per heavy atom. The highest BCUT2D eigenvalue weighted by molar-refractivity contribution is 5.92. The molecule has 13 heavy (non-hydrogen) atoms. The van der Waals surface area contributed by atoms with Crippen LogP contribution in [0.15, 0.2) is 12.1 Å². The van der Waals surface area contributed by atoms with Gasteiger partial charge in [-0.05, 0) is 18.6 Å². The molecule has 0 aliphatic carbocycles. The zero-order chi connectivity index (χ0) is 10.0. The van der Waals surface area contributed by atoms with Crippen LogP contribution in [0, 0.1) is 6.92 Å². The standard InChI is InChI=1S/C9H10O4/c1-5-3-6(10)4-7(13-2)8(5)9(11)12/h3-4,10H,1-2H3,(H,11,12). The van der Waals surface area contributed by atoms with Crippen LogP contribution in [0.25, 0.3) is 0 Å². The SMILES string of the molecule is COc1cc(O)cc(C)c1C(=O)O. The van der Waals surface area contributed by atoms with E-state index in [-0.39, 0.29) is 17.1 Å². The maximum Gasteiger partial charge on any atom is 0.339 e. The smallest absolute Gasteiger partial charge is 0.339 e. The minimum Gasteiger partial charge on any atom is -0.508 e. The largest absolute Gasteiger partial charge is 0.508 e. The summed E-state index contributed by atoms with van der Waals surface area (Å²) in [5, 5.41) is 18.0. The molecule has 4 nitrogen and oxygen atoms in total. The predicted molar refractivity (Wildman–Crippen MR) is 46.4 cm³/mol. The Morgan fingerprint density at radius 1 is 1.46 bits per heavy atom. The molecule has 1 aromatic carbocycles. The first-order chi connectivity index (χ1) is 6.06. The molecule has 0 saturated heterocycles. The number of carboxylic acid groups (broad SMARTS) is 1. The van der Waals surface area contributed by atoms with Gasteiger partial charge in [0, 0.05) is 6.07 Å². The van der Waals surface area contributed by atoms with Crippen molar-refractivity contribution in [3.63, 3.8) is 0 Å². The monoisotopic (exact) mass is 182 g/mol. The summed E-state index contributed by atoms with van der Waals surface area (Å²) in [4.78, 5) is 10.8. The lowest BCUT2D eigenvalue weighted by atomic mass is 10.1. The predicted octanol–water partition coefficient (Wildman–Crippen LogP) is 1.41. The molecule has 0 heterocycles. The molecule has 0 aromatic heterocycles. The van der Waals surface area contributed by atoms with Crippen molar-refractivity contribution in [3.05, 3.63) is 23.3 Å². The molecule has 2 N–H and O–H groups in total. The van der Waals surface area contributed by atoms with Crippen molar-refractivity contribution in [1.29, 1.82) is 0 Å². The van der Waals surface area contributed by atoms with Gasteiger partial charge >= 0.3 is 5.97 Å². The Labute approximate surface area is 75.4 Å². The fourth-order valence-corrected chi connectivity index (χ4v) is 1.17. The van der Waals surface area contributed by atoms with E-state index in [9.17, 15) is 4.79 Å². The van der Waals surface area contributed by atoms with E-state index in [1.807, 2.05) is 0 Å². The highest BCUT2D eigenvalue weighted by atomic mass is 16.5. The first kappa shape index (κ1) is 9.38. The average Bonchev–Trinajstić information content (AvgIpc) is 2.01. The van der Waals surface area contributed by atoms with Crippen LogP contribution >= 0.6 is 0 Å². The van der Waals surface area contributed by atoms with Gasteiger partial charge in [-0.25, -0.2) is 4.79 Å². The number of phenols is 1. The number of hydrogen-bond acceptors (Lipinski definition) is 3. The lowest BCUT2D eigenvalue weighted by Crippen LogP contribution is -2.02. The molecule has 0 spiro atoms. The zero-order valence-electron chi connectivity index (χ0n) is 7.37. The van der Waals surface area contributed by atoms with Gasteiger partial charge in [0.15, 0.2) is 0 Å². The van der Waals surface area contributed by atoms with Gasteiger partial charge in [-0.15, -0.1) is 0 Å².